The number of hydrogen-bond acceptors (Lipinski definition) is 4. The summed E-state index contributed by atoms with van der Waals surface area (Å²) in [7, 11) is 0. The number of hydrogen-bond donors (Lipinski definition) is 2. The first kappa shape index (κ1) is 14.3. The van der Waals surface area contributed by atoms with E-state index < -0.39 is 0 Å². The number of nitrogens with two attached hydrogens (primary N) is 1. The highest BCUT2D eigenvalue weighted by Gasteiger charge is 2.09. The minimum atomic E-state index is 0.0643. The van der Waals surface area contributed by atoms with E-state index in [1.54, 1.807) is 13.0 Å². The van der Waals surface area contributed by atoms with E-state index in [0.717, 1.165) is 36.9 Å². The van der Waals surface area contributed by atoms with Crippen molar-refractivity contribution in [1.29, 1.82) is 0 Å². The quantitative estimate of drug-likeness (QED) is 0.642. The number of allylic oxidation sites excluding steroid dienone is 1. The zero-order chi connectivity index (χ0) is 14.4. The molecule has 0 amide bonds. The maximum Gasteiger partial charge on any atom is 0.159 e. The molecule has 1 aromatic carbocycles. The van der Waals surface area contributed by atoms with Crippen molar-refractivity contribution in [3.8, 4) is 0 Å². The zero-order valence-electron chi connectivity index (χ0n) is 11.9. The Morgan fingerprint density at radius 3 is 3.00 bits per heavy atom. The highest BCUT2D eigenvalue weighted by Crippen LogP contribution is 2.27. The highest BCUT2D eigenvalue weighted by molar-refractivity contribution is 5.96. The van der Waals surface area contributed by atoms with Crippen molar-refractivity contribution < 1.29 is 4.79 Å². The molecule has 1 aromatic rings. The van der Waals surface area contributed by atoms with Crippen LogP contribution in [0.3, 0.4) is 0 Å². The third kappa shape index (κ3) is 3.70. The van der Waals surface area contributed by atoms with Gasteiger partial charge in [-0.1, -0.05) is 6.08 Å². The van der Waals surface area contributed by atoms with E-state index in [1.165, 1.54) is 5.57 Å². The molecule has 1 aliphatic heterocycles. The van der Waals surface area contributed by atoms with Gasteiger partial charge in [0.25, 0.3) is 0 Å². The van der Waals surface area contributed by atoms with E-state index in [1.807, 2.05) is 18.3 Å². The molecule has 4 nitrogen and oxygen atoms in total. The van der Waals surface area contributed by atoms with E-state index in [9.17, 15) is 4.79 Å². The van der Waals surface area contributed by atoms with Crippen molar-refractivity contribution in [1.82, 2.24) is 5.43 Å². The third-order valence-electron chi connectivity index (χ3n) is 3.46. The Bertz CT molecular complexity index is 547. The SMILES string of the molecule is CC(=O)c1ccc(N)c(/C2=C/CN/N=C\CCCC2)c1. The monoisotopic (exact) mass is 271 g/mol. The number of rotatable bonds is 2. The van der Waals surface area contributed by atoms with Gasteiger partial charge in [0.15, 0.2) is 5.78 Å². The maximum absolute atomic E-state index is 11.5. The Labute approximate surface area is 119 Å². The Morgan fingerprint density at radius 1 is 1.35 bits per heavy atom. The zero-order valence-corrected chi connectivity index (χ0v) is 11.9. The normalized spacial score (nSPS) is 20.4. The van der Waals surface area contributed by atoms with Gasteiger partial charge >= 0.3 is 0 Å². The number of carbonyl (C=O) groups excluding carboxylic acids is 1. The average Bonchev–Trinajstić information content (AvgIpc) is 2.45. The minimum absolute atomic E-state index is 0.0643. The van der Waals surface area contributed by atoms with Gasteiger partial charge in [-0.2, -0.15) is 5.10 Å². The molecule has 0 atom stereocenters. The summed E-state index contributed by atoms with van der Waals surface area (Å²) in [4.78, 5) is 11.5. The van der Waals surface area contributed by atoms with Crippen LogP contribution in [0.2, 0.25) is 0 Å². The van der Waals surface area contributed by atoms with E-state index >= 15 is 0 Å². The lowest BCUT2D eigenvalue weighted by Crippen LogP contribution is -2.07. The molecule has 0 bridgehead atoms. The highest BCUT2D eigenvalue weighted by atomic mass is 16.1. The van der Waals surface area contributed by atoms with Crippen molar-refractivity contribution >= 4 is 23.3 Å². The Kier molecular flexibility index (Phi) is 4.93. The second kappa shape index (κ2) is 6.89. The lowest BCUT2D eigenvalue weighted by atomic mass is 9.95. The number of carbonyl (C=O) groups is 1. The van der Waals surface area contributed by atoms with Crippen molar-refractivity contribution in [3.05, 3.63) is 35.4 Å². The summed E-state index contributed by atoms with van der Waals surface area (Å²) in [5, 5.41) is 4.12. The summed E-state index contributed by atoms with van der Waals surface area (Å²) in [5.41, 5.74) is 12.7. The topological polar surface area (TPSA) is 67.5 Å². The van der Waals surface area contributed by atoms with Crippen molar-refractivity contribution in [2.24, 2.45) is 5.10 Å². The molecular weight excluding hydrogens is 250 g/mol. The van der Waals surface area contributed by atoms with Crippen molar-refractivity contribution in [2.45, 2.75) is 32.6 Å². The number of ketones is 1. The lowest BCUT2D eigenvalue weighted by Gasteiger charge is -2.13. The number of benzene rings is 1. The molecule has 20 heavy (non-hydrogen) atoms. The van der Waals surface area contributed by atoms with Crippen LogP contribution in [0.5, 0.6) is 0 Å². The van der Waals surface area contributed by atoms with Crippen LogP contribution in [0, 0.1) is 0 Å². The van der Waals surface area contributed by atoms with E-state index in [2.05, 4.69) is 16.6 Å². The molecule has 106 valence electrons. The van der Waals surface area contributed by atoms with Gasteiger partial charge < -0.3 is 11.2 Å². The van der Waals surface area contributed by atoms with Gasteiger partial charge in [0.2, 0.25) is 0 Å². The number of nitrogens with one attached hydrogen (secondary N) is 1. The van der Waals surface area contributed by atoms with Crippen molar-refractivity contribution in [3.63, 3.8) is 0 Å². The summed E-state index contributed by atoms with van der Waals surface area (Å²) in [6.07, 6.45) is 8.20. The summed E-state index contributed by atoms with van der Waals surface area (Å²) >= 11 is 0. The Hall–Kier alpha value is -2.10. The Balaban J connectivity index is 2.31. The fourth-order valence-corrected chi connectivity index (χ4v) is 2.30. The fourth-order valence-electron chi connectivity index (χ4n) is 2.30. The van der Waals surface area contributed by atoms with Gasteiger partial charge in [-0.3, -0.25) is 4.79 Å². The molecule has 0 unspecified atom stereocenters. The maximum atomic E-state index is 11.5. The minimum Gasteiger partial charge on any atom is -0.398 e. The molecule has 0 radical (unpaired) electrons. The largest absolute Gasteiger partial charge is 0.398 e. The van der Waals surface area contributed by atoms with Crippen LogP contribution in [0.1, 0.15) is 48.5 Å². The fraction of sp³-hybridized carbons (Fsp3) is 0.375. The molecule has 0 saturated heterocycles. The standard InChI is InChI=1S/C16H21N3O/c1-12(20)14-6-7-16(17)15(11-14)13-5-3-2-4-9-18-19-10-8-13/h6-9,11,19H,2-5,10,17H2,1H3/b13-8+,18-9-. The first-order chi connectivity index (χ1) is 9.68. The molecule has 0 fully saturated rings. The van der Waals surface area contributed by atoms with Gasteiger partial charge in [0.05, 0.1) is 6.54 Å². The first-order valence-corrected chi connectivity index (χ1v) is 7.02. The number of Topliss-reactive ketones (excluding diaryl/α,β-unsaturated/α-hetero) is 1. The van der Waals surface area contributed by atoms with Gasteiger partial charge in [-0.05, 0) is 56.4 Å². The molecule has 0 spiro atoms. The smallest absolute Gasteiger partial charge is 0.159 e. The van der Waals surface area contributed by atoms with Crippen LogP contribution >= 0.6 is 0 Å². The van der Waals surface area contributed by atoms with Crippen LogP contribution < -0.4 is 11.2 Å². The van der Waals surface area contributed by atoms with Crippen molar-refractivity contribution in [2.75, 3.05) is 12.3 Å². The van der Waals surface area contributed by atoms with E-state index in [0.29, 0.717) is 12.1 Å². The van der Waals surface area contributed by atoms with Crippen LogP contribution in [0.4, 0.5) is 5.69 Å². The number of anilines is 1. The molecule has 4 heteroatoms. The summed E-state index contributed by atoms with van der Waals surface area (Å²) in [6, 6.07) is 5.50. The van der Waals surface area contributed by atoms with Gasteiger partial charge in [-0.25, -0.2) is 0 Å². The molecule has 3 N–H and O–H groups in total. The summed E-state index contributed by atoms with van der Waals surface area (Å²) in [6.45, 7) is 2.25. The van der Waals surface area contributed by atoms with Gasteiger partial charge in [0, 0.05) is 23.0 Å². The molecule has 0 aromatic heterocycles. The van der Waals surface area contributed by atoms with Crippen LogP contribution in [0.25, 0.3) is 5.57 Å². The second-order valence-corrected chi connectivity index (χ2v) is 5.01. The predicted molar refractivity (Wildman–Crippen MR) is 83.8 cm³/mol. The number of nitrogens with zero attached hydrogens (tertiary/aromatic N) is 1. The predicted octanol–water partition coefficient (Wildman–Crippen LogP) is 3.00. The number of hydrazone groups is 1. The summed E-state index contributed by atoms with van der Waals surface area (Å²) in [5.74, 6) is 0.0643. The molecule has 2 rings (SSSR count). The summed E-state index contributed by atoms with van der Waals surface area (Å²) < 4.78 is 0. The van der Waals surface area contributed by atoms with Crippen LogP contribution in [-0.4, -0.2) is 18.5 Å². The molecule has 0 saturated carbocycles. The third-order valence-corrected chi connectivity index (χ3v) is 3.46. The Morgan fingerprint density at radius 2 is 2.20 bits per heavy atom. The second-order valence-electron chi connectivity index (χ2n) is 5.01. The lowest BCUT2D eigenvalue weighted by molar-refractivity contribution is 0.101. The first-order valence-electron chi connectivity index (χ1n) is 7.02. The van der Waals surface area contributed by atoms with Gasteiger partial charge in [0.1, 0.15) is 0 Å². The molecule has 0 aliphatic carbocycles. The van der Waals surface area contributed by atoms with Gasteiger partial charge in [-0.15, -0.1) is 0 Å². The van der Waals surface area contributed by atoms with E-state index in [4.69, 9.17) is 5.73 Å². The molecule has 1 aliphatic rings. The molecular formula is C16H21N3O. The van der Waals surface area contributed by atoms with Crippen LogP contribution in [-0.2, 0) is 0 Å². The van der Waals surface area contributed by atoms with E-state index in [-0.39, 0.29) is 5.78 Å². The number of nitrogen functional groups attached to an aromatic ring is 1. The molecule has 1 heterocycles. The average molecular weight is 271 g/mol. The van der Waals surface area contributed by atoms with Crippen LogP contribution in [0.15, 0.2) is 29.4 Å².